The van der Waals surface area contributed by atoms with Crippen LogP contribution in [-0.2, 0) is 34.7 Å². The van der Waals surface area contributed by atoms with Crippen molar-refractivity contribution in [2.45, 2.75) is 39.1 Å². The van der Waals surface area contributed by atoms with Gasteiger partial charge >= 0.3 is 0 Å². The predicted molar refractivity (Wildman–Crippen MR) is 73.2 cm³/mol. The molecule has 0 aromatic carbocycles. The molecule has 18 heavy (non-hydrogen) atoms. The van der Waals surface area contributed by atoms with Gasteiger partial charge in [-0.15, -0.1) is 11.6 Å². The van der Waals surface area contributed by atoms with Crippen LogP contribution >= 0.6 is 11.6 Å². The summed E-state index contributed by atoms with van der Waals surface area (Å²) in [6.07, 6.45) is 1.87. The fourth-order valence-corrected chi connectivity index (χ4v) is 2.31. The van der Waals surface area contributed by atoms with Crippen LogP contribution in [0.1, 0.15) is 30.8 Å². The highest BCUT2D eigenvalue weighted by molar-refractivity contribution is 6.17. The van der Waals surface area contributed by atoms with Crippen molar-refractivity contribution >= 4 is 11.6 Å². The Labute approximate surface area is 114 Å². The van der Waals surface area contributed by atoms with Crippen LogP contribution in [0.2, 0.25) is 0 Å². The minimum atomic E-state index is 0.539. The third-order valence-electron chi connectivity index (χ3n) is 2.93. The van der Waals surface area contributed by atoms with Crippen LogP contribution in [0.3, 0.4) is 0 Å². The maximum Gasteiger partial charge on any atom is 0.0701 e. The number of hydrogen-bond acceptors (Lipinski definition) is 3. The van der Waals surface area contributed by atoms with E-state index in [-0.39, 0.29) is 0 Å². The van der Waals surface area contributed by atoms with E-state index < -0.39 is 0 Å². The normalized spacial score (nSPS) is 11.1. The molecule has 0 amide bonds. The zero-order valence-electron chi connectivity index (χ0n) is 11.5. The summed E-state index contributed by atoms with van der Waals surface area (Å²) in [6.45, 7) is 6.93. The van der Waals surface area contributed by atoms with Crippen LogP contribution < -0.4 is 0 Å². The molecule has 0 aliphatic heterocycles. The van der Waals surface area contributed by atoms with E-state index in [1.165, 1.54) is 11.3 Å². The number of aryl methyl sites for hydroxylation is 1. The quantitative estimate of drug-likeness (QED) is 0.513. The highest BCUT2D eigenvalue weighted by Crippen LogP contribution is 2.18. The first-order valence-electron chi connectivity index (χ1n) is 6.48. The van der Waals surface area contributed by atoms with Gasteiger partial charge in [0.15, 0.2) is 0 Å². The van der Waals surface area contributed by atoms with Crippen molar-refractivity contribution in [2.24, 2.45) is 0 Å². The molecule has 0 N–H and O–H groups in total. The van der Waals surface area contributed by atoms with Crippen molar-refractivity contribution in [3.8, 4) is 0 Å². The van der Waals surface area contributed by atoms with E-state index in [9.17, 15) is 0 Å². The van der Waals surface area contributed by atoms with Crippen molar-refractivity contribution in [1.82, 2.24) is 9.78 Å². The summed E-state index contributed by atoms with van der Waals surface area (Å²) in [7, 11) is 1.67. The third-order valence-corrected chi connectivity index (χ3v) is 3.20. The minimum absolute atomic E-state index is 0.539. The number of hydrogen-bond donors (Lipinski definition) is 0. The fraction of sp³-hybridized carbons (Fsp3) is 0.769. The van der Waals surface area contributed by atoms with Gasteiger partial charge in [0.05, 0.1) is 37.9 Å². The Balaban J connectivity index is 2.61. The van der Waals surface area contributed by atoms with E-state index >= 15 is 0 Å². The van der Waals surface area contributed by atoms with Gasteiger partial charge in [-0.2, -0.15) is 5.10 Å². The third kappa shape index (κ3) is 3.97. The molecule has 1 aromatic heterocycles. The first-order chi connectivity index (χ1) is 8.78. The second kappa shape index (κ2) is 8.51. The number of ether oxygens (including phenoxy) is 2. The Morgan fingerprint density at radius 3 is 2.50 bits per heavy atom. The van der Waals surface area contributed by atoms with Gasteiger partial charge in [-0.1, -0.05) is 13.8 Å². The number of rotatable bonds is 9. The van der Waals surface area contributed by atoms with Gasteiger partial charge in [0.2, 0.25) is 0 Å². The van der Waals surface area contributed by atoms with E-state index in [2.05, 4.69) is 18.9 Å². The first-order valence-corrected chi connectivity index (χ1v) is 7.01. The van der Waals surface area contributed by atoms with Gasteiger partial charge < -0.3 is 9.47 Å². The fourth-order valence-electron chi connectivity index (χ4n) is 2.00. The lowest BCUT2D eigenvalue weighted by molar-refractivity contribution is 0.0651. The zero-order chi connectivity index (χ0) is 13.4. The number of alkyl halides is 1. The molecular weight excluding hydrogens is 252 g/mol. The molecule has 1 aromatic rings. The van der Waals surface area contributed by atoms with Crippen molar-refractivity contribution in [3.05, 3.63) is 17.0 Å². The molecule has 0 bridgehead atoms. The Morgan fingerprint density at radius 2 is 1.94 bits per heavy atom. The molecule has 5 heteroatoms. The molecular formula is C13H23ClN2O2. The van der Waals surface area contributed by atoms with Crippen LogP contribution in [-0.4, -0.2) is 36.7 Å². The molecule has 0 atom stereocenters. The molecule has 0 fully saturated rings. The smallest absolute Gasteiger partial charge is 0.0701 e. The molecule has 0 aliphatic carbocycles. The van der Waals surface area contributed by atoms with Crippen molar-refractivity contribution in [3.63, 3.8) is 0 Å². The van der Waals surface area contributed by atoms with E-state index in [0.717, 1.165) is 25.1 Å². The van der Waals surface area contributed by atoms with Crippen LogP contribution in [0, 0.1) is 0 Å². The second-order valence-electron chi connectivity index (χ2n) is 4.04. The Hall–Kier alpha value is -0.580. The second-order valence-corrected chi connectivity index (χ2v) is 4.31. The number of methoxy groups -OCH3 is 1. The van der Waals surface area contributed by atoms with Crippen LogP contribution in [0.4, 0.5) is 0 Å². The molecule has 0 unspecified atom stereocenters. The number of nitrogens with zero attached hydrogens (tertiary/aromatic N) is 2. The Bertz CT molecular complexity index is 353. The maximum atomic E-state index is 6.01. The molecule has 0 aliphatic rings. The van der Waals surface area contributed by atoms with Crippen LogP contribution in [0.5, 0.6) is 0 Å². The molecule has 104 valence electrons. The number of halogens is 1. The van der Waals surface area contributed by atoms with Crippen LogP contribution in [0.15, 0.2) is 0 Å². The van der Waals surface area contributed by atoms with Crippen molar-refractivity contribution in [2.75, 3.05) is 26.9 Å². The molecule has 1 heterocycles. The lowest BCUT2D eigenvalue weighted by Gasteiger charge is -2.07. The van der Waals surface area contributed by atoms with Crippen molar-refractivity contribution < 1.29 is 9.47 Å². The topological polar surface area (TPSA) is 36.3 Å². The largest absolute Gasteiger partial charge is 0.382 e. The Kier molecular flexibility index (Phi) is 7.32. The van der Waals surface area contributed by atoms with Crippen LogP contribution in [0.25, 0.3) is 0 Å². The average molecular weight is 275 g/mol. The van der Waals surface area contributed by atoms with Gasteiger partial charge in [0.1, 0.15) is 0 Å². The predicted octanol–water partition coefficient (Wildman–Crippen LogP) is 2.41. The SMILES string of the molecule is CCc1nn(CCOCCOC)c(CC)c1CCl. The van der Waals surface area contributed by atoms with E-state index in [1.54, 1.807) is 7.11 Å². The van der Waals surface area contributed by atoms with E-state index in [4.69, 9.17) is 21.1 Å². The summed E-state index contributed by atoms with van der Waals surface area (Å²) >= 11 is 6.01. The van der Waals surface area contributed by atoms with Gasteiger partial charge in [0, 0.05) is 18.4 Å². The molecule has 0 saturated carbocycles. The first kappa shape index (κ1) is 15.5. The van der Waals surface area contributed by atoms with Gasteiger partial charge in [-0.3, -0.25) is 4.68 Å². The lowest BCUT2D eigenvalue weighted by Crippen LogP contribution is -2.12. The van der Waals surface area contributed by atoms with Gasteiger partial charge in [-0.25, -0.2) is 0 Å². The zero-order valence-corrected chi connectivity index (χ0v) is 12.3. The summed E-state index contributed by atoms with van der Waals surface area (Å²) < 4.78 is 12.4. The van der Waals surface area contributed by atoms with E-state index in [0.29, 0.717) is 25.7 Å². The highest BCUT2D eigenvalue weighted by Gasteiger charge is 2.14. The summed E-state index contributed by atoms with van der Waals surface area (Å²) in [5.74, 6) is 0.539. The lowest BCUT2D eigenvalue weighted by atomic mass is 10.1. The molecule has 0 radical (unpaired) electrons. The Morgan fingerprint density at radius 1 is 1.17 bits per heavy atom. The molecule has 4 nitrogen and oxygen atoms in total. The average Bonchev–Trinajstić information content (AvgIpc) is 2.75. The van der Waals surface area contributed by atoms with Gasteiger partial charge in [-0.05, 0) is 12.8 Å². The summed E-state index contributed by atoms with van der Waals surface area (Å²) in [6, 6.07) is 0. The summed E-state index contributed by atoms with van der Waals surface area (Å²) in [4.78, 5) is 0. The molecule has 1 rings (SSSR count). The highest BCUT2D eigenvalue weighted by atomic mass is 35.5. The molecule has 0 spiro atoms. The van der Waals surface area contributed by atoms with Gasteiger partial charge in [0.25, 0.3) is 0 Å². The summed E-state index contributed by atoms with van der Waals surface area (Å²) in [5, 5.41) is 4.61. The number of aromatic nitrogens is 2. The maximum absolute atomic E-state index is 6.01. The summed E-state index contributed by atoms with van der Waals surface area (Å²) in [5.41, 5.74) is 3.54. The molecule has 0 saturated heterocycles. The minimum Gasteiger partial charge on any atom is -0.382 e. The van der Waals surface area contributed by atoms with Crippen molar-refractivity contribution in [1.29, 1.82) is 0 Å². The monoisotopic (exact) mass is 274 g/mol. The van der Waals surface area contributed by atoms with E-state index in [1.807, 2.05) is 4.68 Å². The standard InChI is InChI=1S/C13H23ClN2O2/c1-4-12-11(10-14)13(5-2)16(15-12)6-7-18-9-8-17-3/h4-10H2,1-3H3.